The summed E-state index contributed by atoms with van der Waals surface area (Å²) in [4.78, 5) is 1.53. The molecule has 3 aromatic rings. The van der Waals surface area contributed by atoms with Crippen molar-refractivity contribution in [2.75, 3.05) is 7.11 Å². The fourth-order valence-corrected chi connectivity index (χ4v) is 1.86. The molecule has 0 radical (unpaired) electrons. The number of benzene rings is 2. The lowest BCUT2D eigenvalue weighted by molar-refractivity contribution is 0.415. The lowest BCUT2D eigenvalue weighted by Gasteiger charge is -2.00. The summed E-state index contributed by atoms with van der Waals surface area (Å²) in [6.07, 6.45) is 0. The van der Waals surface area contributed by atoms with Crippen LogP contribution in [-0.4, -0.2) is 27.3 Å². The predicted molar refractivity (Wildman–Crippen MR) is 75.9 cm³/mol. The Bertz CT molecular complexity index is 701. The van der Waals surface area contributed by atoms with Crippen LogP contribution in [0.3, 0.4) is 0 Å². The maximum absolute atomic E-state index is 5.13. The summed E-state index contributed by atoms with van der Waals surface area (Å²) in [5, 5.41) is 12.6. The Kier molecular flexibility index (Phi) is 3.16. The molecular formula is C15H14N4O. The molecule has 3 rings (SSSR count). The largest absolute Gasteiger partial charge is 0.497 e. The van der Waals surface area contributed by atoms with Crippen LogP contribution >= 0.6 is 0 Å². The third-order valence-corrected chi connectivity index (χ3v) is 3.03. The number of methoxy groups -OCH3 is 1. The van der Waals surface area contributed by atoms with Crippen molar-refractivity contribution in [2.45, 2.75) is 6.92 Å². The molecule has 0 bridgehead atoms. The zero-order chi connectivity index (χ0) is 13.9. The van der Waals surface area contributed by atoms with E-state index in [2.05, 4.69) is 15.4 Å². The number of rotatable bonds is 3. The summed E-state index contributed by atoms with van der Waals surface area (Å²) < 4.78 is 5.13. The molecule has 0 atom stereocenters. The topological polar surface area (TPSA) is 52.8 Å². The summed E-state index contributed by atoms with van der Waals surface area (Å²) in [5.74, 6) is 1.40. The van der Waals surface area contributed by atoms with Crippen LogP contribution in [0, 0.1) is 6.92 Å². The number of tetrazole rings is 1. The average molecular weight is 266 g/mol. The molecule has 0 aliphatic carbocycles. The third kappa shape index (κ3) is 2.38. The van der Waals surface area contributed by atoms with Crippen LogP contribution in [0.25, 0.3) is 17.1 Å². The van der Waals surface area contributed by atoms with Crippen LogP contribution in [0.2, 0.25) is 0 Å². The molecule has 2 aromatic carbocycles. The third-order valence-electron chi connectivity index (χ3n) is 3.03. The van der Waals surface area contributed by atoms with Crippen molar-refractivity contribution >= 4 is 0 Å². The maximum atomic E-state index is 5.13. The van der Waals surface area contributed by atoms with Crippen LogP contribution in [0.5, 0.6) is 5.75 Å². The van der Waals surface area contributed by atoms with Gasteiger partial charge in [0.15, 0.2) is 0 Å². The molecule has 20 heavy (non-hydrogen) atoms. The van der Waals surface area contributed by atoms with Gasteiger partial charge in [0.05, 0.1) is 12.8 Å². The highest BCUT2D eigenvalue weighted by atomic mass is 16.5. The Morgan fingerprint density at radius 2 is 1.65 bits per heavy atom. The van der Waals surface area contributed by atoms with Crippen LogP contribution in [-0.2, 0) is 0 Å². The second-order valence-electron chi connectivity index (χ2n) is 4.47. The van der Waals surface area contributed by atoms with Crippen LogP contribution in [0.1, 0.15) is 5.56 Å². The summed E-state index contributed by atoms with van der Waals surface area (Å²) >= 11 is 0. The van der Waals surface area contributed by atoms with Gasteiger partial charge in [0.1, 0.15) is 5.75 Å². The SMILES string of the molecule is COc1ccc(-c2nnn(-c3ccc(C)cc3)n2)cc1. The van der Waals surface area contributed by atoms with E-state index >= 15 is 0 Å². The van der Waals surface area contributed by atoms with Gasteiger partial charge in [-0.15, -0.1) is 15.0 Å². The molecule has 0 saturated heterocycles. The number of aryl methyl sites for hydroxylation is 1. The quantitative estimate of drug-likeness (QED) is 0.731. The second kappa shape index (κ2) is 5.13. The summed E-state index contributed by atoms with van der Waals surface area (Å²) in [7, 11) is 1.64. The highest BCUT2D eigenvalue weighted by Crippen LogP contribution is 2.18. The van der Waals surface area contributed by atoms with E-state index in [1.165, 1.54) is 10.4 Å². The molecule has 0 amide bonds. The Balaban J connectivity index is 1.91. The monoisotopic (exact) mass is 266 g/mol. The van der Waals surface area contributed by atoms with E-state index in [-0.39, 0.29) is 0 Å². The van der Waals surface area contributed by atoms with Crippen molar-refractivity contribution in [3.05, 3.63) is 54.1 Å². The number of nitrogens with zero attached hydrogens (tertiary/aromatic N) is 4. The van der Waals surface area contributed by atoms with Crippen molar-refractivity contribution in [1.82, 2.24) is 20.2 Å². The van der Waals surface area contributed by atoms with Crippen molar-refractivity contribution in [3.63, 3.8) is 0 Å². The Hall–Kier alpha value is -2.69. The van der Waals surface area contributed by atoms with E-state index in [9.17, 15) is 0 Å². The maximum Gasteiger partial charge on any atom is 0.205 e. The van der Waals surface area contributed by atoms with E-state index in [4.69, 9.17) is 4.74 Å². The number of aromatic nitrogens is 4. The van der Waals surface area contributed by atoms with Gasteiger partial charge in [0.2, 0.25) is 5.82 Å². The molecule has 1 heterocycles. The van der Waals surface area contributed by atoms with Gasteiger partial charge < -0.3 is 4.74 Å². The minimum atomic E-state index is 0.591. The average Bonchev–Trinajstić information content (AvgIpc) is 2.98. The Morgan fingerprint density at radius 1 is 0.950 bits per heavy atom. The first-order valence-corrected chi connectivity index (χ1v) is 6.28. The first-order chi connectivity index (χ1) is 9.76. The molecule has 0 unspecified atom stereocenters. The van der Waals surface area contributed by atoms with E-state index < -0.39 is 0 Å². The highest BCUT2D eigenvalue weighted by Gasteiger charge is 2.07. The molecule has 100 valence electrons. The lowest BCUT2D eigenvalue weighted by Crippen LogP contribution is -1.98. The van der Waals surface area contributed by atoms with Crippen molar-refractivity contribution in [2.24, 2.45) is 0 Å². The van der Waals surface area contributed by atoms with Crippen molar-refractivity contribution in [3.8, 4) is 22.8 Å². The molecule has 0 saturated carbocycles. The van der Waals surface area contributed by atoms with Gasteiger partial charge in [-0.1, -0.05) is 17.7 Å². The zero-order valence-corrected chi connectivity index (χ0v) is 11.3. The minimum absolute atomic E-state index is 0.591. The Morgan fingerprint density at radius 3 is 2.30 bits per heavy atom. The van der Waals surface area contributed by atoms with E-state index in [1.807, 2.05) is 55.5 Å². The molecule has 5 nitrogen and oxygen atoms in total. The van der Waals surface area contributed by atoms with Crippen molar-refractivity contribution < 1.29 is 4.74 Å². The summed E-state index contributed by atoms with van der Waals surface area (Å²) in [6.45, 7) is 2.04. The van der Waals surface area contributed by atoms with E-state index in [1.54, 1.807) is 7.11 Å². The van der Waals surface area contributed by atoms with Crippen LogP contribution < -0.4 is 4.74 Å². The standard InChI is InChI=1S/C15H14N4O/c1-11-3-7-13(8-4-11)19-17-15(16-18-19)12-5-9-14(20-2)10-6-12/h3-10H,1-2H3. The smallest absolute Gasteiger partial charge is 0.205 e. The lowest BCUT2D eigenvalue weighted by atomic mass is 10.2. The molecule has 1 aromatic heterocycles. The summed E-state index contributed by atoms with van der Waals surface area (Å²) in [5.41, 5.74) is 3.00. The molecule has 0 N–H and O–H groups in total. The molecule has 0 aliphatic rings. The fourth-order valence-electron chi connectivity index (χ4n) is 1.86. The number of hydrogen-bond donors (Lipinski definition) is 0. The van der Waals surface area contributed by atoms with Gasteiger partial charge in [-0.3, -0.25) is 0 Å². The second-order valence-corrected chi connectivity index (χ2v) is 4.47. The zero-order valence-electron chi connectivity index (χ0n) is 11.3. The molecule has 0 fully saturated rings. The van der Waals surface area contributed by atoms with Crippen molar-refractivity contribution in [1.29, 1.82) is 0 Å². The molecule has 5 heteroatoms. The van der Waals surface area contributed by atoms with Gasteiger partial charge in [0.25, 0.3) is 0 Å². The highest BCUT2D eigenvalue weighted by molar-refractivity contribution is 5.55. The van der Waals surface area contributed by atoms with E-state index in [0.717, 1.165) is 17.0 Å². The first kappa shape index (κ1) is 12.3. The van der Waals surface area contributed by atoms with E-state index in [0.29, 0.717) is 5.82 Å². The van der Waals surface area contributed by atoms with Gasteiger partial charge >= 0.3 is 0 Å². The normalized spacial score (nSPS) is 10.5. The Labute approximate surface area is 116 Å². The van der Waals surface area contributed by atoms with Gasteiger partial charge in [-0.05, 0) is 48.5 Å². The molecule has 0 aliphatic heterocycles. The number of hydrogen-bond acceptors (Lipinski definition) is 4. The molecule has 0 spiro atoms. The first-order valence-electron chi connectivity index (χ1n) is 6.28. The van der Waals surface area contributed by atoms with Gasteiger partial charge in [-0.2, -0.15) is 0 Å². The van der Waals surface area contributed by atoms with Gasteiger partial charge in [-0.25, -0.2) is 0 Å². The van der Waals surface area contributed by atoms with Crippen LogP contribution in [0.15, 0.2) is 48.5 Å². The molecular weight excluding hydrogens is 252 g/mol. The number of ether oxygens (including phenoxy) is 1. The van der Waals surface area contributed by atoms with Gasteiger partial charge in [0, 0.05) is 5.56 Å². The predicted octanol–water partition coefficient (Wildman–Crippen LogP) is 2.65. The van der Waals surface area contributed by atoms with Crippen LogP contribution in [0.4, 0.5) is 0 Å². The fraction of sp³-hybridized carbons (Fsp3) is 0.133. The summed E-state index contributed by atoms with van der Waals surface area (Å²) in [6, 6.07) is 15.6. The minimum Gasteiger partial charge on any atom is -0.497 e.